The fourth-order valence-electron chi connectivity index (χ4n) is 3.58. The summed E-state index contributed by atoms with van der Waals surface area (Å²) < 4.78 is 0. The van der Waals surface area contributed by atoms with Gasteiger partial charge < -0.3 is 5.32 Å². The molecule has 0 spiro atoms. The van der Waals surface area contributed by atoms with Crippen LogP contribution in [0.5, 0.6) is 0 Å². The summed E-state index contributed by atoms with van der Waals surface area (Å²) >= 11 is 0. The maximum Gasteiger partial charge on any atom is 0.271 e. The van der Waals surface area contributed by atoms with Crippen molar-refractivity contribution in [2.24, 2.45) is 11.0 Å². The van der Waals surface area contributed by atoms with Crippen LogP contribution in [0.2, 0.25) is 0 Å². The predicted octanol–water partition coefficient (Wildman–Crippen LogP) is 4.10. The molecule has 1 amide bonds. The minimum Gasteiger partial charge on any atom is -0.325 e. The molecule has 0 radical (unpaired) electrons. The van der Waals surface area contributed by atoms with Gasteiger partial charge in [-0.2, -0.15) is 5.10 Å². The highest BCUT2D eigenvalue weighted by Gasteiger charge is 2.37. The van der Waals surface area contributed by atoms with E-state index >= 15 is 0 Å². The number of nitro benzene ring substituents is 1. The zero-order chi connectivity index (χ0) is 22.7. The maximum absolute atomic E-state index is 13.3. The number of non-ortho nitro benzene ring substituents is 1. The third kappa shape index (κ3) is 4.24. The standard InChI is InChI=1S/C24H20N4O4/c1-15-11-12-18(28(31)32)14-21(15)26-27-22-19-10-6-5-7-16(19)13-20(23(22)29)24(30)25-17-8-3-2-4-9-17/h2-12,14,20,26H,13H2,1H3,(H,25,30)/b27-22-. The molecule has 0 aliphatic heterocycles. The number of carbonyl (C=O) groups excluding carboxylic acids is 2. The number of nitro groups is 1. The van der Waals surface area contributed by atoms with E-state index in [9.17, 15) is 19.7 Å². The maximum atomic E-state index is 13.3. The fraction of sp³-hybridized carbons (Fsp3) is 0.125. The van der Waals surface area contributed by atoms with Crippen molar-refractivity contribution in [3.63, 3.8) is 0 Å². The second kappa shape index (κ2) is 8.81. The molecule has 0 aromatic heterocycles. The SMILES string of the molecule is Cc1ccc([N+](=O)[O-])cc1N/N=C1\C(=O)C(C(=O)Nc2ccccc2)Cc2ccccc21. The molecular weight excluding hydrogens is 408 g/mol. The first-order valence-electron chi connectivity index (χ1n) is 10.0. The van der Waals surface area contributed by atoms with E-state index in [2.05, 4.69) is 15.8 Å². The molecule has 8 heteroatoms. The van der Waals surface area contributed by atoms with Crippen LogP contribution in [0.1, 0.15) is 16.7 Å². The van der Waals surface area contributed by atoms with Crippen LogP contribution in [0, 0.1) is 23.0 Å². The van der Waals surface area contributed by atoms with Crippen LogP contribution in [0.25, 0.3) is 0 Å². The van der Waals surface area contributed by atoms with Crippen molar-refractivity contribution in [2.75, 3.05) is 10.7 Å². The first-order chi connectivity index (χ1) is 15.4. The molecule has 0 heterocycles. The Labute approximate surface area is 184 Å². The summed E-state index contributed by atoms with van der Waals surface area (Å²) in [5.41, 5.74) is 6.03. The number of rotatable bonds is 5. The quantitative estimate of drug-likeness (QED) is 0.361. The number of para-hydroxylation sites is 1. The van der Waals surface area contributed by atoms with Crippen LogP contribution in [-0.2, 0) is 16.0 Å². The smallest absolute Gasteiger partial charge is 0.271 e. The van der Waals surface area contributed by atoms with Crippen molar-refractivity contribution in [3.05, 3.63) is 99.6 Å². The molecular formula is C24H20N4O4. The van der Waals surface area contributed by atoms with E-state index in [4.69, 9.17) is 0 Å². The highest BCUT2D eigenvalue weighted by molar-refractivity contribution is 6.50. The lowest BCUT2D eigenvalue weighted by molar-refractivity contribution is -0.384. The van der Waals surface area contributed by atoms with Gasteiger partial charge >= 0.3 is 0 Å². The molecule has 3 aromatic carbocycles. The summed E-state index contributed by atoms with van der Waals surface area (Å²) in [6, 6.07) is 20.6. The largest absolute Gasteiger partial charge is 0.325 e. The molecule has 0 saturated carbocycles. The molecule has 1 aliphatic carbocycles. The Hall–Kier alpha value is -4.33. The number of carbonyl (C=O) groups is 2. The van der Waals surface area contributed by atoms with Gasteiger partial charge in [-0.25, -0.2) is 0 Å². The van der Waals surface area contributed by atoms with Crippen LogP contribution >= 0.6 is 0 Å². The number of hydrogen-bond donors (Lipinski definition) is 2. The van der Waals surface area contributed by atoms with Gasteiger partial charge in [0.15, 0.2) is 5.78 Å². The van der Waals surface area contributed by atoms with E-state index in [1.165, 1.54) is 12.1 Å². The number of ketones is 1. The van der Waals surface area contributed by atoms with Crippen molar-refractivity contribution >= 4 is 34.5 Å². The monoisotopic (exact) mass is 428 g/mol. The summed E-state index contributed by atoms with van der Waals surface area (Å²) in [7, 11) is 0. The Kier molecular flexibility index (Phi) is 5.76. The Morgan fingerprint density at radius 1 is 1.06 bits per heavy atom. The van der Waals surface area contributed by atoms with Gasteiger partial charge in [0.25, 0.3) is 5.69 Å². The summed E-state index contributed by atoms with van der Waals surface area (Å²) in [4.78, 5) is 36.8. The molecule has 3 aromatic rings. The van der Waals surface area contributed by atoms with Gasteiger partial charge in [-0.3, -0.25) is 25.1 Å². The number of fused-ring (bicyclic) bond motifs is 1. The number of hydrazone groups is 1. The third-order valence-corrected chi connectivity index (χ3v) is 5.32. The van der Waals surface area contributed by atoms with E-state index in [0.29, 0.717) is 16.9 Å². The predicted molar refractivity (Wildman–Crippen MR) is 122 cm³/mol. The number of anilines is 2. The molecule has 1 unspecified atom stereocenters. The Bertz CT molecular complexity index is 1240. The molecule has 4 rings (SSSR count). The molecule has 160 valence electrons. The minimum absolute atomic E-state index is 0.0891. The van der Waals surface area contributed by atoms with Gasteiger partial charge in [0.2, 0.25) is 5.91 Å². The fourth-order valence-corrected chi connectivity index (χ4v) is 3.58. The van der Waals surface area contributed by atoms with Gasteiger partial charge in [0.05, 0.1) is 10.6 Å². The van der Waals surface area contributed by atoms with E-state index < -0.39 is 22.5 Å². The Morgan fingerprint density at radius 2 is 1.78 bits per heavy atom. The van der Waals surface area contributed by atoms with Crippen LogP contribution in [0.15, 0.2) is 77.9 Å². The number of hydrogen-bond acceptors (Lipinski definition) is 6. The second-order valence-corrected chi connectivity index (χ2v) is 7.46. The number of aryl methyl sites for hydroxylation is 1. The number of Topliss-reactive ketones (excluding diaryl/α,β-unsaturated/α-hetero) is 1. The van der Waals surface area contributed by atoms with Crippen molar-refractivity contribution in [1.82, 2.24) is 0 Å². The van der Waals surface area contributed by atoms with Crippen molar-refractivity contribution in [2.45, 2.75) is 13.3 Å². The molecule has 1 aliphatic rings. The minimum atomic E-state index is -0.933. The summed E-state index contributed by atoms with van der Waals surface area (Å²) in [6.45, 7) is 1.78. The molecule has 32 heavy (non-hydrogen) atoms. The third-order valence-electron chi connectivity index (χ3n) is 5.32. The molecule has 0 bridgehead atoms. The van der Waals surface area contributed by atoms with Crippen LogP contribution in [0.3, 0.4) is 0 Å². The van der Waals surface area contributed by atoms with E-state index in [0.717, 1.165) is 11.1 Å². The van der Waals surface area contributed by atoms with E-state index in [-0.39, 0.29) is 17.8 Å². The summed E-state index contributed by atoms with van der Waals surface area (Å²) in [5, 5.41) is 18.2. The lowest BCUT2D eigenvalue weighted by Gasteiger charge is -2.24. The average molecular weight is 428 g/mol. The number of benzene rings is 3. The van der Waals surface area contributed by atoms with E-state index in [1.54, 1.807) is 49.4 Å². The summed E-state index contributed by atoms with van der Waals surface area (Å²) in [6.07, 6.45) is 0.266. The molecule has 2 N–H and O–H groups in total. The molecule has 1 atom stereocenters. The van der Waals surface area contributed by atoms with Gasteiger partial charge in [-0.15, -0.1) is 0 Å². The van der Waals surface area contributed by atoms with Crippen LogP contribution in [-0.4, -0.2) is 22.3 Å². The topological polar surface area (TPSA) is 114 Å². The van der Waals surface area contributed by atoms with Crippen molar-refractivity contribution < 1.29 is 14.5 Å². The van der Waals surface area contributed by atoms with Gasteiger partial charge in [-0.1, -0.05) is 48.5 Å². The number of nitrogens with one attached hydrogen (secondary N) is 2. The Morgan fingerprint density at radius 3 is 2.53 bits per heavy atom. The second-order valence-electron chi connectivity index (χ2n) is 7.46. The lowest BCUT2D eigenvalue weighted by Crippen LogP contribution is -2.40. The average Bonchev–Trinajstić information content (AvgIpc) is 2.79. The van der Waals surface area contributed by atoms with Crippen LogP contribution in [0.4, 0.5) is 17.1 Å². The van der Waals surface area contributed by atoms with Gasteiger partial charge in [0.1, 0.15) is 11.6 Å². The van der Waals surface area contributed by atoms with Crippen molar-refractivity contribution in [3.8, 4) is 0 Å². The zero-order valence-corrected chi connectivity index (χ0v) is 17.2. The number of amides is 1. The Balaban J connectivity index is 1.66. The van der Waals surface area contributed by atoms with Gasteiger partial charge in [0, 0.05) is 23.4 Å². The molecule has 0 saturated heterocycles. The highest BCUT2D eigenvalue weighted by Crippen LogP contribution is 2.26. The van der Waals surface area contributed by atoms with Crippen molar-refractivity contribution in [1.29, 1.82) is 0 Å². The first-order valence-corrected chi connectivity index (χ1v) is 10.0. The van der Waals surface area contributed by atoms with Crippen LogP contribution < -0.4 is 10.7 Å². The highest BCUT2D eigenvalue weighted by atomic mass is 16.6. The lowest BCUT2D eigenvalue weighted by atomic mass is 9.81. The van der Waals surface area contributed by atoms with Gasteiger partial charge in [-0.05, 0) is 36.6 Å². The number of nitrogens with zero attached hydrogens (tertiary/aromatic N) is 2. The summed E-state index contributed by atoms with van der Waals surface area (Å²) in [5.74, 6) is -1.75. The molecule has 8 nitrogen and oxygen atoms in total. The first kappa shape index (κ1) is 20.9. The normalized spacial score (nSPS) is 16.3. The zero-order valence-electron chi connectivity index (χ0n) is 17.2. The molecule has 0 fully saturated rings. The van der Waals surface area contributed by atoms with E-state index in [1.807, 2.05) is 18.2 Å².